The van der Waals surface area contributed by atoms with Crippen LogP contribution in [0.2, 0.25) is 0 Å². The molecule has 2 aliphatic rings. The summed E-state index contributed by atoms with van der Waals surface area (Å²) >= 11 is 0. The van der Waals surface area contributed by atoms with Crippen LogP contribution in [-0.2, 0) is 5.41 Å². The number of aromatic nitrogens is 2. The molecule has 0 fully saturated rings. The largest absolute Gasteiger partial charge is 0.228 e. The van der Waals surface area contributed by atoms with E-state index in [1.165, 1.54) is 93.3 Å². The molecule has 0 aliphatic heterocycles. The quantitative estimate of drug-likeness (QED) is 0.131. The zero-order valence-electron chi connectivity index (χ0n) is 35.3. The van der Waals surface area contributed by atoms with Crippen molar-refractivity contribution in [2.45, 2.75) is 5.41 Å². The number of rotatable bonds is 4. The van der Waals surface area contributed by atoms with E-state index in [4.69, 9.17) is 9.97 Å². The fourth-order valence-electron chi connectivity index (χ4n) is 11.6. The van der Waals surface area contributed by atoms with Gasteiger partial charge in [0.2, 0.25) is 0 Å². The van der Waals surface area contributed by atoms with Crippen LogP contribution in [0, 0.1) is 0 Å². The molecule has 0 radical (unpaired) electrons. The number of fused-ring (bicyclic) bond motifs is 15. The molecule has 12 aromatic rings. The minimum atomic E-state index is -0.447. The van der Waals surface area contributed by atoms with Crippen molar-refractivity contribution in [3.63, 3.8) is 0 Å². The van der Waals surface area contributed by atoms with Crippen molar-refractivity contribution >= 4 is 43.1 Å². The normalized spacial score (nSPS) is 13.0. The van der Waals surface area contributed by atoms with Crippen molar-refractivity contribution in [2.24, 2.45) is 0 Å². The van der Waals surface area contributed by atoms with Gasteiger partial charge in [-0.1, -0.05) is 212 Å². The van der Waals surface area contributed by atoms with Crippen molar-refractivity contribution in [1.29, 1.82) is 0 Å². The molecule has 2 aliphatic carbocycles. The van der Waals surface area contributed by atoms with Crippen molar-refractivity contribution < 1.29 is 0 Å². The maximum atomic E-state index is 5.41. The Bertz CT molecular complexity index is 3890. The van der Waals surface area contributed by atoms with Crippen LogP contribution in [0.3, 0.4) is 0 Å². The molecule has 0 amide bonds. The monoisotopic (exact) mass is 822 g/mol. The Hall–Kier alpha value is -8.46. The number of nitrogens with zero attached hydrogens (tertiary/aromatic N) is 2. The molecule has 300 valence electrons. The van der Waals surface area contributed by atoms with Crippen LogP contribution < -0.4 is 0 Å². The van der Waals surface area contributed by atoms with Crippen LogP contribution in [0.25, 0.3) is 110 Å². The highest BCUT2D eigenvalue weighted by Gasteiger charge is 2.51. The van der Waals surface area contributed by atoms with Gasteiger partial charge >= 0.3 is 0 Å². The van der Waals surface area contributed by atoms with E-state index in [1.807, 2.05) is 0 Å². The van der Waals surface area contributed by atoms with Crippen LogP contribution in [0.5, 0.6) is 0 Å². The minimum Gasteiger partial charge on any atom is -0.228 e. The fraction of sp³-hybridized carbons (Fsp3) is 0.0159. The van der Waals surface area contributed by atoms with Crippen LogP contribution in [0.15, 0.2) is 231 Å². The van der Waals surface area contributed by atoms with E-state index < -0.39 is 5.41 Å². The standard InChI is InChI=1S/C63H38N2/c1-2-17-40(18-3-1)62-64-59(42-31-32-50-49-26-12-15-29-57(49)63(58(50)37-42)55-27-13-10-24-47(55)48-25-11-14-28-56(48)63)38-60(65-62)51-34-35-52(46-23-9-8-22-45(46)51)61-44-21-7-5-19-41(44)36-54-43-20-6-4-16-39(43)30-33-53(54)61/h1-38H. The van der Waals surface area contributed by atoms with Gasteiger partial charge in [-0.15, -0.1) is 0 Å². The van der Waals surface area contributed by atoms with Gasteiger partial charge in [0, 0.05) is 16.7 Å². The average molecular weight is 823 g/mol. The molecule has 1 spiro atoms. The molecule has 14 rings (SSSR count). The first kappa shape index (κ1) is 36.1. The summed E-state index contributed by atoms with van der Waals surface area (Å²) in [4.78, 5) is 10.8. The maximum absolute atomic E-state index is 5.41. The van der Waals surface area contributed by atoms with E-state index in [0.717, 1.165) is 33.5 Å². The molecule has 11 aromatic carbocycles. The van der Waals surface area contributed by atoms with Crippen LogP contribution >= 0.6 is 0 Å². The molecular formula is C63H38N2. The molecule has 1 aromatic heterocycles. The zero-order chi connectivity index (χ0) is 42.6. The van der Waals surface area contributed by atoms with Crippen LogP contribution in [0.1, 0.15) is 22.3 Å². The number of hydrogen-bond donors (Lipinski definition) is 0. The van der Waals surface area contributed by atoms with Gasteiger partial charge in [-0.25, -0.2) is 9.97 Å². The fourth-order valence-corrected chi connectivity index (χ4v) is 11.6. The third-order valence-corrected chi connectivity index (χ3v) is 14.3. The molecule has 65 heavy (non-hydrogen) atoms. The predicted molar refractivity (Wildman–Crippen MR) is 270 cm³/mol. The van der Waals surface area contributed by atoms with Gasteiger partial charge < -0.3 is 0 Å². The second kappa shape index (κ2) is 13.8. The van der Waals surface area contributed by atoms with Gasteiger partial charge in [0.1, 0.15) is 0 Å². The molecule has 2 heteroatoms. The molecule has 0 atom stereocenters. The third-order valence-electron chi connectivity index (χ3n) is 14.3. The maximum Gasteiger partial charge on any atom is 0.160 e. The van der Waals surface area contributed by atoms with E-state index in [0.29, 0.717) is 5.82 Å². The lowest BCUT2D eigenvalue weighted by atomic mass is 9.70. The molecule has 1 heterocycles. The van der Waals surface area contributed by atoms with Gasteiger partial charge in [-0.2, -0.15) is 0 Å². The van der Waals surface area contributed by atoms with Crippen molar-refractivity contribution in [1.82, 2.24) is 9.97 Å². The van der Waals surface area contributed by atoms with E-state index in [9.17, 15) is 0 Å². The summed E-state index contributed by atoms with van der Waals surface area (Å²) < 4.78 is 0. The molecular weight excluding hydrogens is 785 g/mol. The summed E-state index contributed by atoms with van der Waals surface area (Å²) in [5.74, 6) is 0.702. The lowest BCUT2D eigenvalue weighted by molar-refractivity contribution is 0.794. The predicted octanol–water partition coefficient (Wildman–Crippen LogP) is 16.1. The first-order valence-electron chi connectivity index (χ1n) is 22.5. The minimum absolute atomic E-state index is 0.447. The summed E-state index contributed by atoms with van der Waals surface area (Å²) in [6, 6.07) is 84.5. The number of hydrogen-bond acceptors (Lipinski definition) is 2. The Kier molecular flexibility index (Phi) is 7.64. The molecule has 0 unspecified atom stereocenters. The van der Waals surface area contributed by atoms with E-state index in [-0.39, 0.29) is 0 Å². The Balaban J connectivity index is 1.00. The molecule has 2 nitrogen and oxygen atoms in total. The van der Waals surface area contributed by atoms with E-state index in [1.54, 1.807) is 0 Å². The summed E-state index contributed by atoms with van der Waals surface area (Å²) in [5, 5.41) is 9.84. The smallest absolute Gasteiger partial charge is 0.160 e. The Morgan fingerprint density at radius 2 is 0.785 bits per heavy atom. The third kappa shape index (κ3) is 5.11. The van der Waals surface area contributed by atoms with Gasteiger partial charge in [-0.3, -0.25) is 0 Å². The summed E-state index contributed by atoms with van der Waals surface area (Å²) in [6.45, 7) is 0. The summed E-state index contributed by atoms with van der Waals surface area (Å²) in [7, 11) is 0. The van der Waals surface area contributed by atoms with Gasteiger partial charge in [-0.05, 0) is 117 Å². The summed E-state index contributed by atoms with van der Waals surface area (Å²) in [5.41, 5.74) is 17.3. The van der Waals surface area contributed by atoms with E-state index >= 15 is 0 Å². The van der Waals surface area contributed by atoms with Gasteiger partial charge in [0.15, 0.2) is 5.82 Å². The Labute approximate surface area is 376 Å². The Morgan fingerprint density at radius 1 is 0.262 bits per heavy atom. The molecule has 0 saturated heterocycles. The zero-order valence-corrected chi connectivity index (χ0v) is 35.3. The SMILES string of the molecule is c1ccc(-c2nc(-c3ccc4c(c3)C3(c5ccccc5-c5ccccc53)c3ccccc3-4)cc(-c3ccc(-c4c5ccccc5cc5c4ccc4ccccc45)c4ccccc34)n2)cc1. The van der Waals surface area contributed by atoms with Crippen molar-refractivity contribution in [3.05, 3.63) is 253 Å². The highest BCUT2D eigenvalue weighted by atomic mass is 14.9. The second-order valence-electron chi connectivity index (χ2n) is 17.5. The van der Waals surface area contributed by atoms with Crippen LogP contribution in [-0.4, -0.2) is 9.97 Å². The van der Waals surface area contributed by atoms with Crippen molar-refractivity contribution in [3.8, 4) is 67.3 Å². The Morgan fingerprint density at radius 3 is 1.49 bits per heavy atom. The average Bonchev–Trinajstić information content (AvgIpc) is 3.85. The number of benzene rings is 11. The first-order chi connectivity index (χ1) is 32.2. The molecule has 0 saturated carbocycles. The first-order valence-corrected chi connectivity index (χ1v) is 22.5. The second-order valence-corrected chi connectivity index (χ2v) is 17.5. The summed E-state index contributed by atoms with van der Waals surface area (Å²) in [6.07, 6.45) is 0. The van der Waals surface area contributed by atoms with Crippen LogP contribution in [0.4, 0.5) is 0 Å². The van der Waals surface area contributed by atoms with Gasteiger partial charge in [0.05, 0.1) is 16.8 Å². The lowest BCUT2D eigenvalue weighted by Gasteiger charge is -2.30. The van der Waals surface area contributed by atoms with E-state index in [2.05, 4.69) is 231 Å². The highest BCUT2D eigenvalue weighted by molar-refractivity contribution is 6.23. The van der Waals surface area contributed by atoms with Gasteiger partial charge in [0.25, 0.3) is 0 Å². The topological polar surface area (TPSA) is 25.8 Å². The molecule has 0 N–H and O–H groups in total. The highest BCUT2D eigenvalue weighted by Crippen LogP contribution is 2.63. The lowest BCUT2D eigenvalue weighted by Crippen LogP contribution is -2.25. The molecule has 0 bridgehead atoms. The van der Waals surface area contributed by atoms with Crippen molar-refractivity contribution in [2.75, 3.05) is 0 Å².